The van der Waals surface area contributed by atoms with Crippen molar-refractivity contribution in [2.45, 2.75) is 16.3 Å². The smallest absolute Gasteiger partial charge is 0.231 e. The van der Waals surface area contributed by atoms with Crippen LogP contribution < -0.4 is 25.4 Å². The molecular formula is C36H30N3O2PS. The zero-order chi connectivity index (χ0) is 29.1. The summed E-state index contributed by atoms with van der Waals surface area (Å²) < 4.78 is 19.1. The number of benzene rings is 5. The van der Waals surface area contributed by atoms with Gasteiger partial charge in [-0.1, -0.05) is 127 Å². The molecular weight excluding hydrogens is 569 g/mol. The van der Waals surface area contributed by atoms with Crippen molar-refractivity contribution in [2.75, 3.05) is 6.79 Å². The molecule has 2 heterocycles. The Morgan fingerprint density at radius 2 is 1.23 bits per heavy atom. The molecule has 0 saturated carbocycles. The summed E-state index contributed by atoms with van der Waals surface area (Å²) in [5, 5.41) is 4.62. The van der Waals surface area contributed by atoms with Crippen LogP contribution in [0.2, 0.25) is 0 Å². The third-order valence-corrected chi connectivity index (χ3v) is 12.3. The van der Waals surface area contributed by atoms with E-state index in [4.69, 9.17) is 19.2 Å². The predicted octanol–water partition coefficient (Wildman–Crippen LogP) is 7.70. The molecule has 0 N–H and O–H groups in total. The summed E-state index contributed by atoms with van der Waals surface area (Å²) in [5.41, 5.74) is 2.08. The highest BCUT2D eigenvalue weighted by atomic mass is 32.2. The molecule has 7 heteroatoms. The Kier molecular flexibility index (Phi) is 7.63. The number of hydrogen-bond donors (Lipinski definition) is 0. The van der Waals surface area contributed by atoms with E-state index in [1.165, 1.54) is 15.9 Å². The lowest BCUT2D eigenvalue weighted by Crippen LogP contribution is -2.25. The zero-order valence-electron chi connectivity index (χ0n) is 23.7. The van der Waals surface area contributed by atoms with Gasteiger partial charge >= 0.3 is 0 Å². The molecule has 0 atom stereocenters. The van der Waals surface area contributed by atoms with E-state index in [0.29, 0.717) is 12.4 Å². The molecule has 1 aliphatic heterocycles. The largest absolute Gasteiger partial charge is 0.454 e. The second-order valence-electron chi connectivity index (χ2n) is 10.2. The Hall–Kier alpha value is -4.51. The number of aromatic nitrogens is 2. The Labute approximate surface area is 256 Å². The first-order valence-electron chi connectivity index (χ1n) is 14.2. The molecule has 0 aliphatic carbocycles. The molecule has 5 aromatic carbocycles. The fraction of sp³-hybridized carbons (Fsp3) is 0.0833. The van der Waals surface area contributed by atoms with Gasteiger partial charge in [0.2, 0.25) is 12.7 Å². The molecule has 212 valence electrons. The maximum absolute atomic E-state index is 5.73. The van der Waals surface area contributed by atoms with Crippen LogP contribution >= 0.6 is 18.8 Å². The van der Waals surface area contributed by atoms with Gasteiger partial charge in [-0.15, -0.1) is 0 Å². The summed E-state index contributed by atoms with van der Waals surface area (Å²) in [4.78, 5) is 6.44. The van der Waals surface area contributed by atoms with Gasteiger partial charge in [0.25, 0.3) is 0 Å². The van der Waals surface area contributed by atoms with Crippen LogP contribution in [0.5, 0.6) is 11.5 Å². The molecule has 0 bridgehead atoms. The van der Waals surface area contributed by atoms with Crippen molar-refractivity contribution in [2.24, 2.45) is 11.8 Å². The first-order chi connectivity index (χ1) is 21.2. The van der Waals surface area contributed by atoms with Crippen LogP contribution in [0.1, 0.15) is 11.3 Å². The van der Waals surface area contributed by atoms with Crippen molar-refractivity contribution >= 4 is 40.7 Å². The highest BCUT2D eigenvalue weighted by Gasteiger charge is 2.29. The van der Waals surface area contributed by atoms with Crippen molar-refractivity contribution in [1.29, 1.82) is 0 Å². The van der Waals surface area contributed by atoms with E-state index in [0.717, 1.165) is 32.7 Å². The fourth-order valence-electron chi connectivity index (χ4n) is 5.39. The maximum Gasteiger partial charge on any atom is 0.231 e. The lowest BCUT2D eigenvalue weighted by molar-refractivity contribution is 0.174. The monoisotopic (exact) mass is 599 g/mol. The highest BCUT2D eigenvalue weighted by Crippen LogP contribution is 2.49. The highest BCUT2D eigenvalue weighted by molar-refractivity contribution is 7.99. The average molecular weight is 600 g/mol. The van der Waals surface area contributed by atoms with Crippen molar-refractivity contribution in [3.63, 3.8) is 0 Å². The van der Waals surface area contributed by atoms with Crippen LogP contribution in [0.15, 0.2) is 154 Å². The van der Waals surface area contributed by atoms with E-state index in [1.54, 1.807) is 11.8 Å². The summed E-state index contributed by atoms with van der Waals surface area (Å²) in [6.07, 6.45) is 0.641. The first kappa shape index (κ1) is 27.3. The molecule has 0 spiro atoms. The van der Waals surface area contributed by atoms with E-state index in [2.05, 4.69) is 139 Å². The summed E-state index contributed by atoms with van der Waals surface area (Å²) in [5.74, 6) is 2.26. The summed E-state index contributed by atoms with van der Waals surface area (Å²) in [7, 11) is -0.409. The number of fused-ring (bicyclic) bond motifs is 1. The predicted molar refractivity (Wildman–Crippen MR) is 176 cm³/mol. The number of rotatable bonds is 8. The van der Waals surface area contributed by atoms with Crippen molar-refractivity contribution in [3.05, 3.63) is 151 Å². The fourth-order valence-corrected chi connectivity index (χ4v) is 9.86. The van der Waals surface area contributed by atoms with Crippen LogP contribution in [0.25, 0.3) is 0 Å². The van der Waals surface area contributed by atoms with Gasteiger partial charge in [0.05, 0.1) is 12.7 Å². The lowest BCUT2D eigenvalue weighted by atomic mass is 10.1. The maximum atomic E-state index is 5.73. The molecule has 1 aromatic heterocycles. The Morgan fingerprint density at radius 1 is 0.698 bits per heavy atom. The van der Waals surface area contributed by atoms with Gasteiger partial charge in [-0.3, -0.25) is 0 Å². The van der Waals surface area contributed by atoms with Gasteiger partial charge < -0.3 is 14.0 Å². The third kappa shape index (κ3) is 5.40. The number of nitrogens with zero attached hydrogens (tertiary/aromatic N) is 3. The van der Waals surface area contributed by atoms with E-state index in [-0.39, 0.29) is 6.79 Å². The summed E-state index contributed by atoms with van der Waals surface area (Å²) >= 11 is 1.72. The number of hydrogen-bond acceptors (Lipinski definition) is 5. The van der Waals surface area contributed by atoms with Crippen molar-refractivity contribution < 1.29 is 9.47 Å². The molecule has 0 amide bonds. The average Bonchev–Trinajstić information content (AvgIpc) is 3.65. The van der Waals surface area contributed by atoms with Gasteiger partial charge in [0.1, 0.15) is 5.03 Å². The third-order valence-electron chi connectivity index (χ3n) is 7.48. The van der Waals surface area contributed by atoms with E-state index < -0.39 is 7.05 Å². The molecule has 0 fully saturated rings. The molecule has 6 aromatic rings. The second-order valence-corrected chi connectivity index (χ2v) is 14.3. The minimum absolute atomic E-state index is 0.255. The Bertz CT molecular complexity index is 1810. The van der Waals surface area contributed by atoms with Crippen molar-refractivity contribution in [3.8, 4) is 11.5 Å². The van der Waals surface area contributed by atoms with E-state index >= 15 is 0 Å². The normalized spacial score (nSPS) is 12.3. The van der Waals surface area contributed by atoms with E-state index in [1.807, 2.05) is 12.1 Å². The topological polar surface area (TPSA) is 48.6 Å². The van der Waals surface area contributed by atoms with E-state index in [9.17, 15) is 0 Å². The van der Waals surface area contributed by atoms with Gasteiger partial charge in [0.15, 0.2) is 11.5 Å². The second kappa shape index (κ2) is 12.0. The molecule has 0 saturated heterocycles. The minimum Gasteiger partial charge on any atom is -0.454 e. The number of imidazole rings is 1. The lowest BCUT2D eigenvalue weighted by Gasteiger charge is -2.26. The Morgan fingerprint density at radius 3 is 1.81 bits per heavy atom. The molecule has 0 radical (unpaired) electrons. The summed E-state index contributed by atoms with van der Waals surface area (Å²) in [6.45, 7) is 0.255. The quantitative estimate of drug-likeness (QED) is 0.168. The first-order valence-corrected chi connectivity index (χ1v) is 16.7. The molecule has 7 rings (SSSR count). The molecule has 5 nitrogen and oxygen atoms in total. The van der Waals surface area contributed by atoms with Gasteiger partial charge in [-0.05, 0) is 29.8 Å². The molecule has 43 heavy (non-hydrogen) atoms. The van der Waals surface area contributed by atoms with Gasteiger partial charge in [0, 0.05) is 34.3 Å². The van der Waals surface area contributed by atoms with Crippen LogP contribution in [-0.4, -0.2) is 16.3 Å². The number of ether oxygens (including phenoxy) is 2. The Balaban J connectivity index is 1.46. The SMILES string of the molecule is Cn1c(N=P(c2ccccc2)(c2ccccc2)c2ccccc2)nc(Cc2ccc3c(c2)OCO3)c1Sc1ccccc1. The van der Waals surface area contributed by atoms with Crippen LogP contribution in [0, 0.1) is 0 Å². The van der Waals surface area contributed by atoms with Crippen LogP contribution in [0.3, 0.4) is 0 Å². The molecule has 1 aliphatic rings. The van der Waals surface area contributed by atoms with Crippen molar-refractivity contribution in [1.82, 2.24) is 9.55 Å². The molecule has 0 unspecified atom stereocenters. The zero-order valence-corrected chi connectivity index (χ0v) is 25.4. The van der Waals surface area contributed by atoms with Crippen LogP contribution in [0.4, 0.5) is 5.95 Å². The summed E-state index contributed by atoms with van der Waals surface area (Å²) in [6, 6.07) is 48.6. The minimum atomic E-state index is -2.49. The van der Waals surface area contributed by atoms with Gasteiger partial charge in [-0.2, -0.15) is 0 Å². The van der Waals surface area contributed by atoms with Gasteiger partial charge in [-0.25, -0.2) is 9.73 Å². The standard InChI is InChI=1S/C36H30N3O2PS/c1-39-35(43-31-20-12-5-13-21-31)32(24-27-22-23-33-34(25-27)41-26-40-33)37-36(39)38-42(28-14-6-2-7-15-28,29-16-8-3-9-17-29)30-18-10-4-11-19-30/h2-23,25H,24,26H2,1H3. The van der Waals surface area contributed by atoms with Crippen LogP contribution in [-0.2, 0) is 13.5 Å².